The maximum absolute atomic E-state index is 13.2. The number of rotatable bonds is 2. The normalized spacial score (nSPS) is 35.0. The number of hydrogen-bond donors (Lipinski definition) is 2. The van der Waals surface area contributed by atoms with Crippen LogP contribution < -0.4 is 0 Å². The Kier molecular flexibility index (Phi) is 8.92. The van der Waals surface area contributed by atoms with Crippen LogP contribution in [0.4, 0.5) is 0 Å². The van der Waals surface area contributed by atoms with Crippen molar-refractivity contribution < 1.29 is 29.3 Å². The summed E-state index contributed by atoms with van der Waals surface area (Å²) in [5.74, 6) is 0.925. The third-order valence-electron chi connectivity index (χ3n) is 7.42. The number of aromatic nitrogens is 1. The third kappa shape index (κ3) is 6.79. The van der Waals surface area contributed by atoms with Gasteiger partial charge in [0.15, 0.2) is 5.01 Å². The summed E-state index contributed by atoms with van der Waals surface area (Å²) in [5.41, 5.74) is 0.288. The molecule has 3 heterocycles. The smallest absolute Gasteiger partial charge is 0.309 e. The van der Waals surface area contributed by atoms with E-state index in [1.807, 2.05) is 25.3 Å². The molecule has 2 saturated heterocycles. The molecule has 0 spiro atoms. The number of hydrogen-bond acceptors (Lipinski definition) is 8. The average Bonchev–Trinajstić information content (AvgIpc) is 3.38. The summed E-state index contributed by atoms with van der Waals surface area (Å²) in [4.78, 5) is 30.4. The summed E-state index contributed by atoms with van der Waals surface area (Å²) in [7, 11) is 0. The minimum absolute atomic E-state index is 0.0251. The zero-order valence-electron chi connectivity index (χ0n) is 21.2. The van der Waals surface area contributed by atoms with Gasteiger partial charge in [-0.05, 0) is 43.3 Å². The van der Waals surface area contributed by atoms with Crippen LogP contribution in [0.25, 0.3) is 6.08 Å². The second-order valence-corrected chi connectivity index (χ2v) is 11.4. The number of aliphatic hydroxyl groups is 2. The number of esters is 1. The minimum Gasteiger partial charge on any atom is -0.458 e. The molecule has 192 valence electrons. The molecular weight excluding hydrogens is 466 g/mol. The Labute approximate surface area is 211 Å². The van der Waals surface area contributed by atoms with Crippen molar-refractivity contribution in [3.63, 3.8) is 0 Å². The molecule has 0 bridgehead atoms. The molecule has 0 saturated carbocycles. The van der Waals surface area contributed by atoms with Gasteiger partial charge in [-0.2, -0.15) is 0 Å². The van der Waals surface area contributed by atoms with Crippen LogP contribution in [0.15, 0.2) is 11.0 Å². The summed E-state index contributed by atoms with van der Waals surface area (Å²) in [6, 6.07) is 0. The standard InChI is InChI=1S/C27H37NO6S/c1-7-23-28-18(14-35-23)11-16(3)20-12-21-19(33-21)10-8-9-15(2)25(31)17(4)26(32)27(5,6)22(29)13-24(30)34-20/h1,11,14-15,17,19-22,25,29,31H,8-10,12-13H2,2-6H3/t15-,17+,19+,20-,21-,22-,25-/m0/s1. The quantitative estimate of drug-likeness (QED) is 0.359. The highest BCUT2D eigenvalue weighted by atomic mass is 32.1. The summed E-state index contributed by atoms with van der Waals surface area (Å²) in [5, 5.41) is 24.0. The van der Waals surface area contributed by atoms with Gasteiger partial charge in [0.1, 0.15) is 11.9 Å². The van der Waals surface area contributed by atoms with E-state index in [-0.39, 0.29) is 30.3 Å². The lowest BCUT2D eigenvalue weighted by Crippen LogP contribution is -2.45. The number of terminal acetylenes is 1. The van der Waals surface area contributed by atoms with Crippen molar-refractivity contribution in [3.8, 4) is 12.3 Å². The van der Waals surface area contributed by atoms with E-state index in [9.17, 15) is 19.8 Å². The van der Waals surface area contributed by atoms with E-state index < -0.39 is 35.6 Å². The van der Waals surface area contributed by atoms with E-state index in [1.54, 1.807) is 20.8 Å². The number of carbonyl (C=O) groups is 2. The third-order valence-corrected chi connectivity index (χ3v) is 8.21. The number of thiazole rings is 1. The Hall–Kier alpha value is -2.05. The van der Waals surface area contributed by atoms with Crippen molar-refractivity contribution in [2.75, 3.05) is 0 Å². The van der Waals surface area contributed by atoms with Gasteiger partial charge in [-0.1, -0.05) is 34.1 Å². The van der Waals surface area contributed by atoms with E-state index in [4.69, 9.17) is 15.9 Å². The zero-order chi connectivity index (χ0) is 25.9. The maximum atomic E-state index is 13.2. The first-order valence-electron chi connectivity index (χ1n) is 12.3. The molecule has 0 amide bonds. The molecule has 0 aromatic carbocycles. The average molecular weight is 504 g/mol. The van der Waals surface area contributed by atoms with Crippen LogP contribution in [0, 0.1) is 29.6 Å². The van der Waals surface area contributed by atoms with E-state index in [0.29, 0.717) is 17.1 Å². The predicted molar refractivity (Wildman–Crippen MR) is 134 cm³/mol. The zero-order valence-corrected chi connectivity index (χ0v) is 22.0. The number of Topliss-reactive ketones (excluding diaryl/α,β-unsaturated/α-hetero) is 1. The topological polar surface area (TPSA) is 109 Å². The van der Waals surface area contributed by atoms with Gasteiger partial charge >= 0.3 is 5.97 Å². The number of ketones is 1. The Bertz CT molecular complexity index is 992. The van der Waals surface area contributed by atoms with Crippen molar-refractivity contribution in [1.82, 2.24) is 4.98 Å². The van der Waals surface area contributed by atoms with Crippen molar-refractivity contribution in [2.24, 2.45) is 17.3 Å². The van der Waals surface area contributed by atoms with Gasteiger partial charge in [0.2, 0.25) is 0 Å². The first kappa shape index (κ1) is 27.5. The molecule has 2 aliphatic heterocycles. The van der Waals surface area contributed by atoms with Gasteiger partial charge in [0.25, 0.3) is 0 Å². The van der Waals surface area contributed by atoms with Crippen LogP contribution in [-0.2, 0) is 19.1 Å². The maximum Gasteiger partial charge on any atom is 0.309 e. The van der Waals surface area contributed by atoms with E-state index in [0.717, 1.165) is 24.8 Å². The highest BCUT2D eigenvalue weighted by Crippen LogP contribution is 2.36. The minimum atomic E-state index is -1.24. The number of cyclic esters (lactones) is 1. The lowest BCUT2D eigenvalue weighted by atomic mass is 9.73. The van der Waals surface area contributed by atoms with Gasteiger partial charge in [-0.15, -0.1) is 17.8 Å². The van der Waals surface area contributed by atoms with Crippen LogP contribution in [0.2, 0.25) is 0 Å². The highest BCUT2D eigenvalue weighted by Gasteiger charge is 2.44. The van der Waals surface area contributed by atoms with Crippen LogP contribution in [0.1, 0.15) is 77.4 Å². The van der Waals surface area contributed by atoms with E-state index >= 15 is 0 Å². The Morgan fingerprint density at radius 2 is 1.97 bits per heavy atom. The lowest BCUT2D eigenvalue weighted by molar-refractivity contribution is -0.154. The van der Waals surface area contributed by atoms with Gasteiger partial charge < -0.3 is 19.7 Å². The van der Waals surface area contributed by atoms with Gasteiger partial charge in [0, 0.05) is 17.7 Å². The fourth-order valence-electron chi connectivity index (χ4n) is 4.75. The van der Waals surface area contributed by atoms with Gasteiger partial charge in [0.05, 0.1) is 41.9 Å². The van der Waals surface area contributed by atoms with E-state index in [2.05, 4.69) is 10.9 Å². The summed E-state index contributed by atoms with van der Waals surface area (Å²) in [6.07, 6.45) is 7.36. The van der Waals surface area contributed by atoms with Gasteiger partial charge in [-0.25, -0.2) is 4.98 Å². The number of nitrogens with zero attached hydrogens (tertiary/aromatic N) is 1. The van der Waals surface area contributed by atoms with Gasteiger partial charge in [-0.3, -0.25) is 9.59 Å². The molecule has 2 fully saturated rings. The monoisotopic (exact) mass is 503 g/mol. The van der Waals surface area contributed by atoms with Crippen LogP contribution in [0.3, 0.4) is 0 Å². The fraction of sp³-hybridized carbons (Fsp3) is 0.667. The summed E-state index contributed by atoms with van der Waals surface area (Å²) >= 11 is 1.37. The number of ether oxygens (including phenoxy) is 2. The van der Waals surface area contributed by atoms with E-state index in [1.165, 1.54) is 11.3 Å². The van der Waals surface area contributed by atoms with Crippen molar-refractivity contribution in [2.45, 2.75) is 97.2 Å². The molecule has 0 unspecified atom stereocenters. The molecule has 2 aliphatic rings. The Balaban J connectivity index is 1.82. The number of epoxide rings is 1. The SMILES string of the molecule is C#Cc1nc(C=C(C)[C@@H]2C[C@@H]3O[C@@H]3CCC[C@H](C)[C@H](O)[C@@H](C)C(=O)C(C)(C)[C@@H](O)CC(=O)O2)cs1. The molecule has 1 aromatic rings. The summed E-state index contributed by atoms with van der Waals surface area (Å²) < 4.78 is 11.7. The lowest BCUT2D eigenvalue weighted by Gasteiger charge is -2.34. The molecule has 8 heteroatoms. The molecule has 35 heavy (non-hydrogen) atoms. The van der Waals surface area contributed by atoms with Crippen LogP contribution >= 0.6 is 11.3 Å². The number of carbonyl (C=O) groups excluding carboxylic acids is 2. The molecule has 0 aliphatic carbocycles. The molecule has 0 radical (unpaired) electrons. The van der Waals surface area contributed by atoms with Crippen molar-refractivity contribution in [3.05, 3.63) is 21.7 Å². The molecule has 1 aromatic heterocycles. The van der Waals surface area contributed by atoms with Crippen molar-refractivity contribution >= 4 is 29.2 Å². The Morgan fingerprint density at radius 3 is 2.63 bits per heavy atom. The molecular formula is C27H37NO6S. The molecule has 3 rings (SSSR count). The molecule has 7 atom stereocenters. The van der Waals surface area contributed by atoms with Crippen molar-refractivity contribution in [1.29, 1.82) is 0 Å². The fourth-order valence-corrected chi connectivity index (χ4v) is 5.33. The molecule has 7 nitrogen and oxygen atoms in total. The summed E-state index contributed by atoms with van der Waals surface area (Å²) in [6.45, 7) is 8.73. The number of fused-ring (bicyclic) bond motifs is 1. The molecule has 2 N–H and O–H groups in total. The number of aliphatic hydroxyl groups excluding tert-OH is 2. The second-order valence-electron chi connectivity index (χ2n) is 10.5. The first-order valence-corrected chi connectivity index (χ1v) is 13.2. The Morgan fingerprint density at radius 1 is 1.26 bits per heavy atom. The van der Waals surface area contributed by atoms with Crippen LogP contribution in [-0.4, -0.2) is 57.5 Å². The largest absolute Gasteiger partial charge is 0.458 e. The second kappa shape index (κ2) is 11.3. The predicted octanol–water partition coefficient (Wildman–Crippen LogP) is 3.76. The van der Waals surface area contributed by atoms with Crippen LogP contribution in [0.5, 0.6) is 0 Å². The first-order chi connectivity index (χ1) is 16.4. The highest BCUT2D eigenvalue weighted by molar-refractivity contribution is 7.10.